The van der Waals surface area contributed by atoms with Crippen molar-refractivity contribution in [1.29, 1.82) is 0 Å². The van der Waals surface area contributed by atoms with Crippen molar-refractivity contribution in [1.82, 2.24) is 9.88 Å². The molecule has 2 rings (SSSR count). The maximum atomic E-state index is 12.5. The zero-order valence-corrected chi connectivity index (χ0v) is 11.5. The molecule has 20 heavy (non-hydrogen) atoms. The number of halogens is 2. The van der Waals surface area contributed by atoms with Gasteiger partial charge in [-0.05, 0) is 18.4 Å². The molecule has 6 nitrogen and oxygen atoms in total. The number of rotatable bonds is 5. The number of sulfonamides is 1. The van der Waals surface area contributed by atoms with Crippen LogP contribution in [0.1, 0.15) is 23.8 Å². The van der Waals surface area contributed by atoms with Crippen LogP contribution in [0.4, 0.5) is 8.78 Å². The van der Waals surface area contributed by atoms with Crippen LogP contribution in [0.2, 0.25) is 0 Å². The minimum absolute atomic E-state index is 0.00957. The van der Waals surface area contributed by atoms with Crippen molar-refractivity contribution < 1.29 is 22.0 Å². The lowest BCUT2D eigenvalue weighted by molar-refractivity contribution is 0.0926. The summed E-state index contributed by atoms with van der Waals surface area (Å²) >= 11 is 0. The highest BCUT2D eigenvalue weighted by Crippen LogP contribution is 2.29. The Morgan fingerprint density at radius 2 is 2.20 bits per heavy atom. The summed E-state index contributed by atoms with van der Waals surface area (Å²) in [5.41, 5.74) is -0.131. The standard InChI is InChI=1S/C11H15F2N3O3S/c1-6-2-8(6)15-11(17)9-3-7(20(14,18)19)4-16(9)5-10(12)13/h3-4,6,8,10H,2,5H2,1H3,(H,15,17)(H2,14,18,19). The third kappa shape index (κ3) is 3.34. The van der Waals surface area contributed by atoms with E-state index in [1.54, 1.807) is 0 Å². The predicted octanol–water partition coefficient (Wildman–Crippen LogP) is 0.539. The van der Waals surface area contributed by atoms with Gasteiger partial charge in [0.2, 0.25) is 10.0 Å². The second-order valence-electron chi connectivity index (χ2n) is 4.94. The molecule has 3 N–H and O–H groups in total. The van der Waals surface area contributed by atoms with Crippen LogP contribution < -0.4 is 10.5 Å². The van der Waals surface area contributed by atoms with Gasteiger partial charge in [-0.1, -0.05) is 6.92 Å². The molecule has 0 bridgehead atoms. The first kappa shape index (κ1) is 14.9. The molecule has 1 aromatic heterocycles. The average Bonchev–Trinajstić information content (AvgIpc) is 2.82. The molecule has 1 saturated carbocycles. The number of amides is 1. The lowest BCUT2D eigenvalue weighted by atomic mass is 10.3. The lowest BCUT2D eigenvalue weighted by Gasteiger charge is -2.08. The van der Waals surface area contributed by atoms with Gasteiger partial charge in [-0.15, -0.1) is 0 Å². The van der Waals surface area contributed by atoms with Crippen molar-refractivity contribution in [2.24, 2.45) is 11.1 Å². The molecular formula is C11H15F2N3O3S. The molecule has 1 aliphatic rings. The summed E-state index contributed by atoms with van der Waals surface area (Å²) < 4.78 is 48.3. The summed E-state index contributed by atoms with van der Waals surface area (Å²) in [7, 11) is -4.04. The number of nitrogens with one attached hydrogen (secondary N) is 1. The summed E-state index contributed by atoms with van der Waals surface area (Å²) in [6.45, 7) is 1.18. The Labute approximate surface area is 115 Å². The van der Waals surface area contributed by atoms with Crippen LogP contribution in [-0.4, -0.2) is 31.4 Å². The first-order valence-electron chi connectivity index (χ1n) is 6.00. The summed E-state index contributed by atoms with van der Waals surface area (Å²) in [6, 6.07) is 1.02. The number of hydrogen-bond acceptors (Lipinski definition) is 3. The molecule has 2 atom stereocenters. The highest BCUT2D eigenvalue weighted by Gasteiger charge is 2.35. The quantitative estimate of drug-likeness (QED) is 0.831. The molecule has 1 amide bonds. The number of nitrogens with two attached hydrogens (primary N) is 1. The number of primary sulfonamides is 1. The first-order chi connectivity index (χ1) is 9.18. The van der Waals surface area contributed by atoms with Gasteiger partial charge >= 0.3 is 0 Å². The van der Waals surface area contributed by atoms with E-state index in [-0.39, 0.29) is 16.6 Å². The molecule has 112 valence electrons. The summed E-state index contributed by atoms with van der Waals surface area (Å²) in [6.07, 6.45) is -0.932. The van der Waals surface area contributed by atoms with E-state index in [1.807, 2.05) is 6.92 Å². The van der Waals surface area contributed by atoms with Crippen molar-refractivity contribution in [3.8, 4) is 0 Å². The van der Waals surface area contributed by atoms with Crippen molar-refractivity contribution >= 4 is 15.9 Å². The fourth-order valence-electron chi connectivity index (χ4n) is 1.89. The predicted molar refractivity (Wildman–Crippen MR) is 66.8 cm³/mol. The van der Waals surface area contributed by atoms with Gasteiger partial charge < -0.3 is 9.88 Å². The van der Waals surface area contributed by atoms with E-state index in [9.17, 15) is 22.0 Å². The van der Waals surface area contributed by atoms with Gasteiger partial charge in [0.25, 0.3) is 12.3 Å². The number of hydrogen-bond donors (Lipinski definition) is 2. The third-order valence-electron chi connectivity index (χ3n) is 3.19. The molecule has 2 unspecified atom stereocenters. The Balaban J connectivity index is 2.28. The number of alkyl halides is 2. The average molecular weight is 307 g/mol. The van der Waals surface area contributed by atoms with Crippen LogP contribution in [0, 0.1) is 5.92 Å². The first-order valence-corrected chi connectivity index (χ1v) is 7.55. The minimum Gasteiger partial charge on any atom is -0.348 e. The van der Waals surface area contributed by atoms with E-state index in [4.69, 9.17) is 5.14 Å². The Morgan fingerprint density at radius 3 is 2.65 bits per heavy atom. The second-order valence-corrected chi connectivity index (χ2v) is 6.50. The SMILES string of the molecule is CC1CC1NC(=O)c1cc(S(N)(=O)=O)cn1CC(F)F. The Kier molecular flexibility index (Phi) is 3.83. The highest BCUT2D eigenvalue weighted by molar-refractivity contribution is 7.89. The molecule has 0 aliphatic heterocycles. The van der Waals surface area contributed by atoms with E-state index >= 15 is 0 Å². The number of carbonyl (C=O) groups is 1. The van der Waals surface area contributed by atoms with E-state index in [0.29, 0.717) is 5.92 Å². The van der Waals surface area contributed by atoms with Gasteiger partial charge in [0, 0.05) is 12.2 Å². The molecule has 0 saturated heterocycles. The minimum atomic E-state index is -4.04. The molecule has 0 aromatic carbocycles. The molecule has 1 aliphatic carbocycles. The summed E-state index contributed by atoms with van der Waals surface area (Å²) in [4.78, 5) is 11.6. The van der Waals surface area contributed by atoms with Crippen molar-refractivity contribution in [2.75, 3.05) is 0 Å². The third-order valence-corrected chi connectivity index (χ3v) is 4.07. The zero-order valence-electron chi connectivity index (χ0n) is 10.7. The Morgan fingerprint density at radius 1 is 1.60 bits per heavy atom. The number of nitrogens with zero attached hydrogens (tertiary/aromatic N) is 1. The van der Waals surface area contributed by atoms with Crippen molar-refractivity contribution in [2.45, 2.75) is 37.3 Å². The molecule has 1 heterocycles. The zero-order chi connectivity index (χ0) is 15.1. The monoisotopic (exact) mass is 307 g/mol. The van der Waals surface area contributed by atoms with E-state index < -0.39 is 28.9 Å². The van der Waals surface area contributed by atoms with Crippen LogP contribution in [0.25, 0.3) is 0 Å². The van der Waals surface area contributed by atoms with Crippen LogP contribution in [0.5, 0.6) is 0 Å². The molecule has 0 spiro atoms. The lowest BCUT2D eigenvalue weighted by Crippen LogP contribution is -2.29. The molecule has 0 radical (unpaired) electrons. The van der Waals surface area contributed by atoms with Crippen molar-refractivity contribution in [3.05, 3.63) is 18.0 Å². The number of carbonyl (C=O) groups excluding carboxylic acids is 1. The van der Waals surface area contributed by atoms with Crippen LogP contribution in [-0.2, 0) is 16.6 Å². The van der Waals surface area contributed by atoms with E-state index in [0.717, 1.165) is 23.3 Å². The number of aromatic nitrogens is 1. The second kappa shape index (κ2) is 5.13. The topological polar surface area (TPSA) is 94.2 Å². The van der Waals surface area contributed by atoms with Gasteiger partial charge in [-0.3, -0.25) is 4.79 Å². The van der Waals surface area contributed by atoms with E-state index in [2.05, 4.69) is 5.32 Å². The van der Waals surface area contributed by atoms with Gasteiger partial charge in [-0.2, -0.15) is 0 Å². The maximum absolute atomic E-state index is 12.5. The van der Waals surface area contributed by atoms with Crippen LogP contribution in [0.3, 0.4) is 0 Å². The summed E-state index contributed by atoms with van der Waals surface area (Å²) in [5, 5.41) is 7.60. The van der Waals surface area contributed by atoms with Gasteiger partial charge in [-0.25, -0.2) is 22.3 Å². The van der Waals surface area contributed by atoms with Gasteiger partial charge in [0.15, 0.2) is 0 Å². The Bertz CT molecular complexity index is 627. The molecule has 1 aromatic rings. The smallest absolute Gasteiger partial charge is 0.268 e. The summed E-state index contributed by atoms with van der Waals surface area (Å²) in [5.74, 6) is -0.231. The normalized spacial score (nSPS) is 22.1. The van der Waals surface area contributed by atoms with Gasteiger partial charge in [0.1, 0.15) is 10.6 Å². The largest absolute Gasteiger partial charge is 0.348 e. The maximum Gasteiger partial charge on any atom is 0.268 e. The molecular weight excluding hydrogens is 292 g/mol. The Hall–Kier alpha value is -1.48. The fourth-order valence-corrected chi connectivity index (χ4v) is 2.44. The highest BCUT2D eigenvalue weighted by atomic mass is 32.2. The fraction of sp³-hybridized carbons (Fsp3) is 0.545. The van der Waals surface area contributed by atoms with Gasteiger partial charge in [0.05, 0.1) is 6.54 Å². The van der Waals surface area contributed by atoms with Crippen LogP contribution in [0.15, 0.2) is 17.2 Å². The molecule has 9 heteroatoms. The van der Waals surface area contributed by atoms with Crippen molar-refractivity contribution in [3.63, 3.8) is 0 Å². The van der Waals surface area contributed by atoms with E-state index in [1.165, 1.54) is 0 Å². The molecule has 1 fully saturated rings. The van der Waals surface area contributed by atoms with Crippen LogP contribution >= 0.6 is 0 Å².